The van der Waals surface area contributed by atoms with Crippen LogP contribution in [0.1, 0.15) is 24.5 Å². The molecule has 3 nitrogen and oxygen atoms in total. The first-order valence-electron chi connectivity index (χ1n) is 4.88. The third-order valence-electron chi connectivity index (χ3n) is 1.80. The van der Waals surface area contributed by atoms with Crippen LogP contribution in [0.3, 0.4) is 0 Å². The van der Waals surface area contributed by atoms with Crippen molar-refractivity contribution in [1.29, 1.82) is 0 Å². The fourth-order valence-corrected chi connectivity index (χ4v) is 1.94. The maximum atomic E-state index is 5.02. The van der Waals surface area contributed by atoms with E-state index in [4.69, 9.17) is 4.74 Å². The average Bonchev–Trinajstić information content (AvgIpc) is 2.53. The van der Waals surface area contributed by atoms with Gasteiger partial charge in [0, 0.05) is 31.5 Å². The Kier molecular flexibility index (Phi) is 5.07. The van der Waals surface area contributed by atoms with Gasteiger partial charge in [-0.2, -0.15) is 0 Å². The highest BCUT2D eigenvalue weighted by atomic mass is 32.1. The van der Waals surface area contributed by atoms with Gasteiger partial charge in [-0.15, -0.1) is 11.3 Å². The predicted octanol–water partition coefficient (Wildman–Crippen LogP) is 1.83. The molecule has 4 heteroatoms. The number of aromatic nitrogens is 1. The van der Waals surface area contributed by atoms with Crippen LogP contribution in [0.2, 0.25) is 0 Å². The van der Waals surface area contributed by atoms with Crippen molar-refractivity contribution in [3.63, 3.8) is 0 Å². The molecule has 0 saturated carbocycles. The molecule has 1 aromatic rings. The van der Waals surface area contributed by atoms with Gasteiger partial charge in [0.1, 0.15) is 5.01 Å². The van der Waals surface area contributed by atoms with Crippen molar-refractivity contribution in [3.05, 3.63) is 16.1 Å². The Bertz CT molecular complexity index is 260. The second kappa shape index (κ2) is 6.11. The van der Waals surface area contributed by atoms with E-state index < -0.39 is 0 Å². The molecule has 0 radical (unpaired) electrons. The lowest BCUT2D eigenvalue weighted by atomic mass is 10.3. The molecule has 80 valence electrons. The number of ether oxygens (including phenoxy) is 1. The van der Waals surface area contributed by atoms with Gasteiger partial charge in [-0.05, 0) is 0 Å². The summed E-state index contributed by atoms with van der Waals surface area (Å²) < 4.78 is 5.02. The van der Waals surface area contributed by atoms with Crippen molar-refractivity contribution >= 4 is 11.3 Å². The van der Waals surface area contributed by atoms with Gasteiger partial charge in [-0.3, -0.25) is 0 Å². The second-order valence-corrected chi connectivity index (χ2v) is 4.47. The van der Waals surface area contributed by atoms with Crippen molar-refractivity contribution in [2.75, 3.05) is 13.7 Å². The van der Waals surface area contributed by atoms with Crippen molar-refractivity contribution < 1.29 is 4.74 Å². The minimum Gasteiger partial charge on any atom is -0.378 e. The lowest BCUT2D eigenvalue weighted by Crippen LogP contribution is -2.25. The molecule has 1 heterocycles. The zero-order chi connectivity index (χ0) is 10.4. The molecule has 1 N–H and O–H groups in total. The highest BCUT2D eigenvalue weighted by Crippen LogP contribution is 2.10. The van der Waals surface area contributed by atoms with Crippen molar-refractivity contribution in [3.8, 4) is 0 Å². The lowest BCUT2D eigenvalue weighted by molar-refractivity contribution is 0.184. The summed E-state index contributed by atoms with van der Waals surface area (Å²) in [5.74, 6) is 0. The smallest absolute Gasteiger partial charge is 0.119 e. The molecule has 0 spiro atoms. The SMILES string of the molecule is COCc1nc(CCNC(C)C)cs1. The molecule has 0 fully saturated rings. The first-order valence-corrected chi connectivity index (χ1v) is 5.76. The Morgan fingerprint density at radius 2 is 2.36 bits per heavy atom. The third kappa shape index (κ3) is 4.17. The van der Waals surface area contributed by atoms with Gasteiger partial charge in [0.05, 0.1) is 12.3 Å². The van der Waals surface area contributed by atoms with Crippen LogP contribution >= 0.6 is 11.3 Å². The van der Waals surface area contributed by atoms with Gasteiger partial charge < -0.3 is 10.1 Å². The van der Waals surface area contributed by atoms with Gasteiger partial charge in [-0.25, -0.2) is 4.98 Å². The summed E-state index contributed by atoms with van der Waals surface area (Å²) in [5.41, 5.74) is 1.16. The van der Waals surface area contributed by atoms with Crippen LogP contribution in [0.25, 0.3) is 0 Å². The molecular formula is C10H18N2OS. The molecular weight excluding hydrogens is 196 g/mol. The van der Waals surface area contributed by atoms with E-state index in [0.29, 0.717) is 12.6 Å². The molecule has 0 aliphatic heterocycles. The molecule has 0 atom stereocenters. The van der Waals surface area contributed by atoms with E-state index in [1.807, 2.05) is 0 Å². The number of nitrogens with one attached hydrogen (secondary N) is 1. The van der Waals surface area contributed by atoms with E-state index in [1.165, 1.54) is 0 Å². The summed E-state index contributed by atoms with van der Waals surface area (Å²) >= 11 is 1.67. The van der Waals surface area contributed by atoms with Crippen LogP contribution in [0.15, 0.2) is 5.38 Å². The van der Waals surface area contributed by atoms with Crippen LogP contribution in [-0.2, 0) is 17.8 Å². The van der Waals surface area contributed by atoms with Crippen molar-refractivity contribution in [2.45, 2.75) is 32.9 Å². The predicted molar refractivity (Wildman–Crippen MR) is 59.7 cm³/mol. The first-order chi connectivity index (χ1) is 6.72. The normalized spacial score (nSPS) is 11.1. The number of methoxy groups -OCH3 is 1. The average molecular weight is 214 g/mol. The van der Waals surface area contributed by atoms with E-state index in [-0.39, 0.29) is 0 Å². The molecule has 0 aromatic carbocycles. The lowest BCUT2D eigenvalue weighted by Gasteiger charge is -2.05. The molecule has 14 heavy (non-hydrogen) atoms. The summed E-state index contributed by atoms with van der Waals surface area (Å²) in [7, 11) is 1.70. The molecule has 0 aliphatic carbocycles. The molecule has 0 unspecified atom stereocenters. The van der Waals surface area contributed by atoms with E-state index in [0.717, 1.165) is 23.7 Å². The fourth-order valence-electron chi connectivity index (χ4n) is 1.14. The van der Waals surface area contributed by atoms with Crippen LogP contribution < -0.4 is 5.32 Å². The van der Waals surface area contributed by atoms with Crippen molar-refractivity contribution in [1.82, 2.24) is 10.3 Å². The fraction of sp³-hybridized carbons (Fsp3) is 0.700. The number of hydrogen-bond acceptors (Lipinski definition) is 4. The minimum absolute atomic E-state index is 0.548. The van der Waals surface area contributed by atoms with Gasteiger partial charge in [-0.1, -0.05) is 13.8 Å². The highest BCUT2D eigenvalue weighted by Gasteiger charge is 2.01. The number of thiazole rings is 1. The number of hydrogen-bond donors (Lipinski definition) is 1. The van der Waals surface area contributed by atoms with Gasteiger partial charge in [0.25, 0.3) is 0 Å². The molecule has 1 rings (SSSR count). The Balaban J connectivity index is 2.28. The standard InChI is InChI=1S/C10H18N2OS/c1-8(2)11-5-4-9-7-14-10(12-9)6-13-3/h7-8,11H,4-6H2,1-3H3. The van der Waals surface area contributed by atoms with Gasteiger partial charge in [0.2, 0.25) is 0 Å². The summed E-state index contributed by atoms with van der Waals surface area (Å²) in [6, 6.07) is 0.548. The molecule has 0 amide bonds. The third-order valence-corrected chi connectivity index (χ3v) is 2.67. The van der Waals surface area contributed by atoms with Crippen LogP contribution in [0, 0.1) is 0 Å². The van der Waals surface area contributed by atoms with E-state index in [2.05, 4.69) is 29.5 Å². The van der Waals surface area contributed by atoms with Crippen LogP contribution in [0.4, 0.5) is 0 Å². The highest BCUT2D eigenvalue weighted by molar-refractivity contribution is 7.09. The summed E-state index contributed by atoms with van der Waals surface area (Å²) in [4.78, 5) is 4.45. The largest absolute Gasteiger partial charge is 0.378 e. The monoisotopic (exact) mass is 214 g/mol. The number of rotatable bonds is 6. The Labute approximate surface area is 89.5 Å². The minimum atomic E-state index is 0.548. The van der Waals surface area contributed by atoms with Gasteiger partial charge in [0.15, 0.2) is 0 Å². The maximum absolute atomic E-state index is 5.02. The number of nitrogens with zero attached hydrogens (tertiary/aromatic N) is 1. The molecule has 0 aliphatic rings. The zero-order valence-electron chi connectivity index (χ0n) is 9.04. The Morgan fingerprint density at radius 1 is 1.57 bits per heavy atom. The topological polar surface area (TPSA) is 34.1 Å². The van der Waals surface area contributed by atoms with E-state index >= 15 is 0 Å². The Morgan fingerprint density at radius 3 is 3.00 bits per heavy atom. The molecule has 0 saturated heterocycles. The molecule has 1 aromatic heterocycles. The maximum Gasteiger partial charge on any atom is 0.119 e. The second-order valence-electron chi connectivity index (χ2n) is 3.52. The van der Waals surface area contributed by atoms with E-state index in [1.54, 1.807) is 18.4 Å². The van der Waals surface area contributed by atoms with Crippen LogP contribution in [-0.4, -0.2) is 24.7 Å². The summed E-state index contributed by atoms with van der Waals surface area (Å²) in [6.45, 7) is 5.92. The quantitative estimate of drug-likeness (QED) is 0.784. The van der Waals surface area contributed by atoms with Gasteiger partial charge >= 0.3 is 0 Å². The summed E-state index contributed by atoms with van der Waals surface area (Å²) in [5, 5.41) is 6.54. The van der Waals surface area contributed by atoms with Crippen molar-refractivity contribution in [2.24, 2.45) is 0 Å². The molecule has 0 bridgehead atoms. The first kappa shape index (κ1) is 11.6. The van der Waals surface area contributed by atoms with E-state index in [9.17, 15) is 0 Å². The van der Waals surface area contributed by atoms with Crippen LogP contribution in [0.5, 0.6) is 0 Å². The Hall–Kier alpha value is -0.450. The zero-order valence-corrected chi connectivity index (χ0v) is 9.86. The summed E-state index contributed by atoms with van der Waals surface area (Å²) in [6.07, 6.45) is 0.998.